The van der Waals surface area contributed by atoms with Gasteiger partial charge in [0.15, 0.2) is 6.04 Å². The fraction of sp³-hybridized carbons (Fsp3) is 0.250. The molecule has 1 aromatic carbocycles. The molecule has 0 spiro atoms. The van der Waals surface area contributed by atoms with Crippen molar-refractivity contribution < 1.29 is 13.4 Å². The minimum Gasteiger partial charge on any atom is -0.262 e. The van der Waals surface area contributed by atoms with Crippen LogP contribution in [0, 0.1) is 0 Å². The van der Waals surface area contributed by atoms with E-state index in [1.807, 2.05) is 24.3 Å². The Morgan fingerprint density at radius 2 is 1.78 bits per heavy atom. The van der Waals surface area contributed by atoms with Crippen LogP contribution in [0.5, 0.6) is 0 Å². The van der Waals surface area contributed by atoms with Gasteiger partial charge in [0, 0.05) is 24.7 Å². The van der Waals surface area contributed by atoms with E-state index in [9.17, 15) is 8.42 Å². The van der Waals surface area contributed by atoms with Crippen LogP contribution in [0.4, 0.5) is 5.82 Å². The molecule has 27 heavy (non-hydrogen) atoms. The van der Waals surface area contributed by atoms with Crippen molar-refractivity contribution in [3.63, 3.8) is 0 Å². The molecule has 5 nitrogen and oxygen atoms in total. The van der Waals surface area contributed by atoms with Gasteiger partial charge in [-0.15, -0.1) is 11.3 Å². The van der Waals surface area contributed by atoms with Crippen molar-refractivity contribution in [1.29, 1.82) is 0 Å². The van der Waals surface area contributed by atoms with Gasteiger partial charge < -0.3 is 0 Å². The summed E-state index contributed by atoms with van der Waals surface area (Å²) in [4.78, 5) is 4.62. The molecular formula is C20H22N3O2S2+. The van der Waals surface area contributed by atoms with Gasteiger partial charge in [0.05, 0.1) is 4.88 Å². The second-order valence-electron chi connectivity index (χ2n) is 6.55. The third kappa shape index (κ3) is 3.90. The van der Waals surface area contributed by atoms with Crippen molar-refractivity contribution in [2.24, 2.45) is 0 Å². The molecule has 0 unspecified atom stereocenters. The number of benzene rings is 1. The van der Waals surface area contributed by atoms with Gasteiger partial charge in [-0.2, -0.15) is 4.31 Å². The highest BCUT2D eigenvalue weighted by Gasteiger charge is 2.28. The molecule has 1 fully saturated rings. The van der Waals surface area contributed by atoms with Crippen LogP contribution in [0.1, 0.15) is 29.3 Å². The van der Waals surface area contributed by atoms with Gasteiger partial charge in [0.2, 0.25) is 10.0 Å². The molecule has 3 heterocycles. The normalized spacial score (nSPS) is 16.3. The highest BCUT2D eigenvalue weighted by Crippen LogP contribution is 2.29. The Morgan fingerprint density at radius 3 is 2.41 bits per heavy atom. The van der Waals surface area contributed by atoms with E-state index in [0.717, 1.165) is 24.2 Å². The molecule has 7 heteroatoms. The highest BCUT2D eigenvalue weighted by molar-refractivity contribution is 7.89. The lowest BCUT2D eigenvalue weighted by molar-refractivity contribution is -0.364. The Morgan fingerprint density at radius 1 is 1.00 bits per heavy atom. The lowest BCUT2D eigenvalue weighted by Gasteiger charge is -2.15. The zero-order valence-electron chi connectivity index (χ0n) is 14.8. The van der Waals surface area contributed by atoms with Crippen molar-refractivity contribution in [3.05, 3.63) is 76.6 Å². The van der Waals surface area contributed by atoms with Crippen molar-refractivity contribution in [3.8, 4) is 0 Å². The first-order chi connectivity index (χ1) is 13.1. The van der Waals surface area contributed by atoms with E-state index < -0.39 is 10.0 Å². The van der Waals surface area contributed by atoms with Gasteiger partial charge in [0.25, 0.3) is 5.82 Å². The zero-order chi connectivity index (χ0) is 18.7. The third-order valence-electron chi connectivity index (χ3n) is 4.75. The number of H-pyrrole nitrogens is 1. The second kappa shape index (κ2) is 7.80. The molecule has 2 N–H and O–H groups in total. The summed E-state index contributed by atoms with van der Waals surface area (Å²) in [6.07, 6.45) is 3.44. The topological polar surface area (TPSA) is 63.6 Å². The number of nitrogens with one attached hydrogen (secondary N) is 2. The first-order valence-electron chi connectivity index (χ1n) is 9.01. The quantitative estimate of drug-likeness (QED) is 0.688. The SMILES string of the molecule is O=S(=O)(c1ccc(N[C@H](c2ccccc2)c2cccs2)[nH+]c1)N1CCCC1. The average Bonchev–Trinajstić information content (AvgIpc) is 3.41. The number of rotatable bonds is 6. The molecule has 4 rings (SSSR count). The fourth-order valence-electron chi connectivity index (χ4n) is 3.31. The zero-order valence-corrected chi connectivity index (χ0v) is 16.5. The van der Waals surface area contributed by atoms with Crippen LogP contribution in [0.25, 0.3) is 0 Å². The number of aromatic nitrogens is 1. The molecule has 1 aliphatic rings. The van der Waals surface area contributed by atoms with Gasteiger partial charge in [-0.05, 0) is 30.4 Å². The number of anilines is 1. The van der Waals surface area contributed by atoms with Crippen LogP contribution >= 0.6 is 11.3 Å². The molecule has 0 saturated carbocycles. The number of hydrogen-bond acceptors (Lipinski definition) is 4. The largest absolute Gasteiger partial charge is 0.273 e. The maximum Gasteiger partial charge on any atom is 0.273 e. The van der Waals surface area contributed by atoms with E-state index in [2.05, 4.69) is 33.9 Å². The van der Waals surface area contributed by atoms with Crippen molar-refractivity contribution in [2.45, 2.75) is 23.8 Å². The Bertz CT molecular complexity index is 966. The number of nitrogens with zero attached hydrogens (tertiary/aromatic N) is 1. The summed E-state index contributed by atoms with van der Waals surface area (Å²) in [5, 5.41) is 5.55. The summed E-state index contributed by atoms with van der Waals surface area (Å²) in [5.41, 5.74) is 1.15. The fourth-order valence-corrected chi connectivity index (χ4v) is 5.60. The standard InChI is InChI=1S/C20H21N3O2S2/c24-27(25,23-12-4-5-13-23)17-10-11-19(21-15-17)22-20(18-9-6-14-26-18)16-7-2-1-3-8-16/h1-3,6-11,14-15,20H,4-5,12-13H2,(H,21,22)/p+1/t20-/m1/s1. The van der Waals surface area contributed by atoms with Crippen molar-refractivity contribution in [2.75, 3.05) is 18.4 Å². The van der Waals surface area contributed by atoms with Crippen LogP contribution in [0.3, 0.4) is 0 Å². The molecule has 0 aliphatic carbocycles. The highest BCUT2D eigenvalue weighted by atomic mass is 32.2. The monoisotopic (exact) mass is 400 g/mol. The molecule has 0 radical (unpaired) electrons. The third-order valence-corrected chi connectivity index (χ3v) is 7.58. The van der Waals surface area contributed by atoms with E-state index in [0.29, 0.717) is 18.0 Å². The summed E-state index contributed by atoms with van der Waals surface area (Å²) in [7, 11) is -3.40. The molecule has 1 aliphatic heterocycles. The maximum absolute atomic E-state index is 12.7. The first-order valence-corrected chi connectivity index (χ1v) is 11.3. The minimum absolute atomic E-state index is 0.00323. The number of aromatic amines is 1. The Balaban J connectivity index is 1.58. The second-order valence-corrected chi connectivity index (χ2v) is 9.47. The summed E-state index contributed by atoms with van der Waals surface area (Å²) >= 11 is 1.69. The van der Waals surface area contributed by atoms with E-state index >= 15 is 0 Å². The Kier molecular flexibility index (Phi) is 5.24. The van der Waals surface area contributed by atoms with Gasteiger partial charge in [-0.3, -0.25) is 5.32 Å². The van der Waals surface area contributed by atoms with Crippen LogP contribution < -0.4 is 10.3 Å². The van der Waals surface area contributed by atoms with Crippen LogP contribution in [-0.4, -0.2) is 25.8 Å². The smallest absolute Gasteiger partial charge is 0.262 e. The predicted molar refractivity (Wildman–Crippen MR) is 107 cm³/mol. The van der Waals surface area contributed by atoms with Crippen LogP contribution in [-0.2, 0) is 10.0 Å². The van der Waals surface area contributed by atoms with E-state index in [4.69, 9.17) is 0 Å². The predicted octanol–water partition coefficient (Wildman–Crippen LogP) is 3.55. The van der Waals surface area contributed by atoms with Crippen LogP contribution in [0.15, 0.2) is 71.1 Å². The Labute approximate surface area is 163 Å². The van der Waals surface area contributed by atoms with Crippen LogP contribution in [0.2, 0.25) is 0 Å². The van der Waals surface area contributed by atoms with Gasteiger partial charge >= 0.3 is 0 Å². The average molecular weight is 401 g/mol. The van der Waals surface area contributed by atoms with E-state index in [-0.39, 0.29) is 6.04 Å². The molecule has 1 saturated heterocycles. The molecule has 0 bridgehead atoms. The first kappa shape index (κ1) is 18.2. The Hall–Kier alpha value is -2.22. The van der Waals surface area contributed by atoms with Gasteiger partial charge in [0.1, 0.15) is 11.1 Å². The van der Waals surface area contributed by atoms with Gasteiger partial charge in [-0.1, -0.05) is 36.4 Å². The number of sulfonamides is 1. The maximum atomic E-state index is 12.7. The van der Waals surface area contributed by atoms with Gasteiger partial charge in [-0.25, -0.2) is 13.4 Å². The molecular weight excluding hydrogens is 378 g/mol. The van der Waals surface area contributed by atoms with E-state index in [1.54, 1.807) is 34.0 Å². The summed E-state index contributed by atoms with van der Waals surface area (Å²) in [5.74, 6) is 0.776. The van der Waals surface area contributed by atoms with E-state index in [1.165, 1.54) is 4.88 Å². The van der Waals surface area contributed by atoms with Crippen molar-refractivity contribution in [1.82, 2.24) is 4.31 Å². The minimum atomic E-state index is -3.40. The summed E-state index contributed by atoms with van der Waals surface area (Å²) in [6.45, 7) is 1.22. The molecule has 1 atom stereocenters. The lowest BCUT2D eigenvalue weighted by Crippen LogP contribution is -2.29. The number of pyridine rings is 1. The summed E-state index contributed by atoms with van der Waals surface area (Å²) < 4.78 is 26.9. The number of thiophene rings is 1. The summed E-state index contributed by atoms with van der Waals surface area (Å²) in [6, 6.07) is 17.8. The number of hydrogen-bond donors (Lipinski definition) is 1. The lowest BCUT2D eigenvalue weighted by atomic mass is 10.1. The molecule has 140 valence electrons. The molecule has 3 aromatic rings. The van der Waals surface area contributed by atoms with Crippen molar-refractivity contribution >= 4 is 27.2 Å². The molecule has 0 amide bonds. The molecule has 2 aromatic heterocycles.